The number of benzene rings is 1. The Morgan fingerprint density at radius 3 is 2.64 bits per heavy atom. The monoisotopic (exact) mass is 204 g/mol. The molecule has 2 N–H and O–H groups in total. The fraction of sp³-hybridized carbons (Fsp3) is 0.300. The summed E-state index contributed by atoms with van der Waals surface area (Å²) < 4.78 is 0. The van der Waals surface area contributed by atoms with Gasteiger partial charge in [0, 0.05) is 0 Å². The molecule has 0 fully saturated rings. The van der Waals surface area contributed by atoms with Crippen LogP contribution in [0, 0.1) is 0 Å². The molecule has 0 aliphatic rings. The number of aromatic carboxylic acids is 1. The molecule has 0 aliphatic heterocycles. The van der Waals surface area contributed by atoms with E-state index in [1.54, 1.807) is 0 Å². The van der Waals surface area contributed by atoms with Crippen molar-refractivity contribution in [3.8, 4) is 5.75 Å². The third kappa shape index (κ3) is 3.33. The summed E-state index contributed by atoms with van der Waals surface area (Å²) in [6.45, 7) is 1.97. The molecule has 3 nitrogen and oxygen atoms in total. The maximum absolute atomic E-state index is 10.7. The molecule has 1 rings (SSSR count). The number of carbonyl (C=O) groups is 1. The minimum absolute atomic E-state index is 0. The number of carboxylic acid groups (broad SMARTS) is 1. The quantitative estimate of drug-likeness (QED) is 0.631. The summed E-state index contributed by atoms with van der Waals surface area (Å²) in [5.41, 5.74) is 0.967. The van der Waals surface area contributed by atoms with Gasteiger partial charge >= 0.3 is 35.5 Å². The summed E-state index contributed by atoms with van der Waals surface area (Å²) in [5.74, 6) is -0.822. The molecule has 72 valence electrons. The van der Waals surface area contributed by atoms with Crippen LogP contribution < -0.4 is 29.6 Å². The molecule has 0 unspecified atom stereocenters. The molecular formula is C10H13NaO3. The third-order valence-corrected chi connectivity index (χ3v) is 1.84. The molecular weight excluding hydrogens is 191 g/mol. The second-order valence-corrected chi connectivity index (χ2v) is 2.90. The Bertz CT molecular complexity index is 328. The van der Waals surface area contributed by atoms with Crippen LogP contribution in [0.25, 0.3) is 0 Å². The van der Waals surface area contributed by atoms with Gasteiger partial charge in [-0.15, -0.1) is 0 Å². The van der Waals surface area contributed by atoms with Gasteiger partial charge in [-0.3, -0.25) is 0 Å². The zero-order valence-corrected chi connectivity index (χ0v) is 10.4. The van der Waals surface area contributed by atoms with Gasteiger partial charge in [0.25, 0.3) is 0 Å². The van der Waals surface area contributed by atoms with E-state index in [4.69, 9.17) is 10.2 Å². The van der Waals surface area contributed by atoms with E-state index in [1.165, 1.54) is 18.2 Å². The number of hydrogen-bond acceptors (Lipinski definition) is 2. The van der Waals surface area contributed by atoms with Crippen LogP contribution in [-0.2, 0) is 6.42 Å². The summed E-state index contributed by atoms with van der Waals surface area (Å²) in [4.78, 5) is 10.7. The Balaban J connectivity index is 0. The van der Waals surface area contributed by atoms with Crippen molar-refractivity contribution in [2.45, 2.75) is 19.8 Å². The van der Waals surface area contributed by atoms with Crippen molar-refractivity contribution in [3.05, 3.63) is 29.3 Å². The van der Waals surface area contributed by atoms with E-state index in [-0.39, 0.29) is 42.3 Å². The first-order chi connectivity index (χ1) is 6.15. The standard InChI is InChI=1S/C10H12O3.Na.H/c1-2-3-7-6-8(11)4-5-9(7)10(12)13;;/h4-6,11H,2-3H2,1H3,(H,12,13);;/q;+1;-1. The molecule has 0 saturated heterocycles. The Morgan fingerprint density at radius 2 is 2.14 bits per heavy atom. The normalized spacial score (nSPS) is 9.21. The number of phenolic OH excluding ortho intramolecular Hbond substituents is 1. The molecule has 0 spiro atoms. The summed E-state index contributed by atoms with van der Waals surface area (Å²) in [6.07, 6.45) is 1.54. The SMILES string of the molecule is CCCc1cc(O)ccc1C(=O)O.[H-].[Na+]. The average molecular weight is 204 g/mol. The van der Waals surface area contributed by atoms with E-state index in [2.05, 4.69) is 0 Å². The molecule has 1 aromatic carbocycles. The van der Waals surface area contributed by atoms with Crippen molar-refractivity contribution in [1.82, 2.24) is 0 Å². The second kappa shape index (κ2) is 6.06. The van der Waals surface area contributed by atoms with E-state index < -0.39 is 5.97 Å². The van der Waals surface area contributed by atoms with Crippen LogP contribution >= 0.6 is 0 Å². The molecule has 4 heteroatoms. The number of aromatic hydroxyl groups is 1. The topological polar surface area (TPSA) is 57.5 Å². The van der Waals surface area contributed by atoms with Gasteiger partial charge in [-0.05, 0) is 30.2 Å². The number of carboxylic acids is 1. The summed E-state index contributed by atoms with van der Waals surface area (Å²) in [7, 11) is 0. The summed E-state index contributed by atoms with van der Waals surface area (Å²) in [5, 5.41) is 18.0. The van der Waals surface area contributed by atoms with Crippen molar-refractivity contribution in [2.24, 2.45) is 0 Å². The van der Waals surface area contributed by atoms with Crippen molar-refractivity contribution < 1.29 is 46.0 Å². The number of phenols is 1. The average Bonchev–Trinajstić information content (AvgIpc) is 2.04. The Kier molecular flexibility index (Phi) is 5.84. The van der Waals surface area contributed by atoms with Crippen molar-refractivity contribution in [2.75, 3.05) is 0 Å². The van der Waals surface area contributed by atoms with E-state index >= 15 is 0 Å². The zero-order chi connectivity index (χ0) is 9.84. The number of hydrogen-bond donors (Lipinski definition) is 2. The fourth-order valence-electron chi connectivity index (χ4n) is 1.26. The van der Waals surface area contributed by atoms with Gasteiger partial charge in [0.05, 0.1) is 5.56 Å². The summed E-state index contributed by atoms with van der Waals surface area (Å²) in [6, 6.07) is 4.33. The van der Waals surface area contributed by atoms with Crippen molar-refractivity contribution in [3.63, 3.8) is 0 Å². The molecule has 0 aromatic heterocycles. The molecule has 14 heavy (non-hydrogen) atoms. The Hall–Kier alpha value is -0.510. The van der Waals surface area contributed by atoms with Gasteiger partial charge in [0.15, 0.2) is 0 Å². The molecule has 0 heterocycles. The van der Waals surface area contributed by atoms with Crippen molar-refractivity contribution in [1.29, 1.82) is 0 Å². The fourth-order valence-corrected chi connectivity index (χ4v) is 1.26. The van der Waals surface area contributed by atoms with Crippen molar-refractivity contribution >= 4 is 5.97 Å². The smallest absolute Gasteiger partial charge is 1.00 e. The Labute approximate surface area is 107 Å². The molecule has 0 amide bonds. The van der Waals surface area contributed by atoms with Crippen LogP contribution in [0.4, 0.5) is 0 Å². The number of aryl methyl sites for hydroxylation is 1. The maximum atomic E-state index is 10.7. The van der Waals surface area contributed by atoms with Crippen LogP contribution in [0.5, 0.6) is 5.75 Å². The van der Waals surface area contributed by atoms with Crippen LogP contribution in [0.3, 0.4) is 0 Å². The predicted molar refractivity (Wildman–Crippen MR) is 50.2 cm³/mol. The van der Waals surface area contributed by atoms with Gasteiger partial charge in [0.2, 0.25) is 0 Å². The molecule has 0 aliphatic carbocycles. The van der Waals surface area contributed by atoms with Crippen LogP contribution in [0.2, 0.25) is 0 Å². The van der Waals surface area contributed by atoms with Gasteiger partial charge in [-0.2, -0.15) is 0 Å². The predicted octanol–water partition coefficient (Wildman–Crippen LogP) is -0.841. The van der Waals surface area contributed by atoms with E-state index in [0.29, 0.717) is 12.0 Å². The number of rotatable bonds is 3. The van der Waals surface area contributed by atoms with E-state index in [1.807, 2.05) is 6.92 Å². The second-order valence-electron chi connectivity index (χ2n) is 2.90. The first-order valence-corrected chi connectivity index (χ1v) is 4.20. The van der Waals surface area contributed by atoms with Gasteiger partial charge in [-0.1, -0.05) is 13.3 Å². The van der Waals surface area contributed by atoms with E-state index in [0.717, 1.165) is 6.42 Å². The van der Waals surface area contributed by atoms with Gasteiger partial charge < -0.3 is 11.6 Å². The van der Waals surface area contributed by atoms with Gasteiger partial charge in [0.1, 0.15) is 5.75 Å². The molecule has 0 atom stereocenters. The van der Waals surface area contributed by atoms with Crippen LogP contribution in [-0.4, -0.2) is 16.2 Å². The molecule has 0 bridgehead atoms. The third-order valence-electron chi connectivity index (χ3n) is 1.84. The minimum atomic E-state index is -0.941. The molecule has 1 aromatic rings. The first-order valence-electron chi connectivity index (χ1n) is 4.20. The Morgan fingerprint density at radius 1 is 1.50 bits per heavy atom. The van der Waals surface area contributed by atoms with Crippen LogP contribution in [0.1, 0.15) is 30.7 Å². The first kappa shape index (κ1) is 13.5. The van der Waals surface area contributed by atoms with Crippen LogP contribution in [0.15, 0.2) is 18.2 Å². The molecule has 0 radical (unpaired) electrons. The summed E-state index contributed by atoms with van der Waals surface area (Å²) >= 11 is 0. The van der Waals surface area contributed by atoms with Gasteiger partial charge in [-0.25, -0.2) is 4.79 Å². The molecule has 0 saturated carbocycles. The van der Waals surface area contributed by atoms with E-state index in [9.17, 15) is 4.79 Å². The minimum Gasteiger partial charge on any atom is -1.00 e. The largest absolute Gasteiger partial charge is 1.00 e. The zero-order valence-electron chi connectivity index (χ0n) is 9.45. The maximum Gasteiger partial charge on any atom is 1.00 e.